The zero-order valence-corrected chi connectivity index (χ0v) is 13.1. The van der Waals surface area contributed by atoms with Crippen LogP contribution in [0.25, 0.3) is 0 Å². The van der Waals surface area contributed by atoms with Gasteiger partial charge < -0.3 is 5.32 Å². The summed E-state index contributed by atoms with van der Waals surface area (Å²) in [7, 11) is 0. The standard InChI is InChI=1S/C14H16BrFN2S/c1-2-6-17-12(9-13-18-7-8-19-13)14-10(15)4-3-5-11(14)16/h3-5,7-8,12,17H,2,6,9H2,1H3. The third-order valence-corrected chi connectivity index (χ3v) is 4.34. The van der Waals surface area contributed by atoms with E-state index in [2.05, 4.69) is 33.2 Å². The molecule has 0 bridgehead atoms. The maximum Gasteiger partial charge on any atom is 0.129 e. The van der Waals surface area contributed by atoms with Gasteiger partial charge in [0, 0.05) is 34.1 Å². The normalized spacial score (nSPS) is 12.6. The average molecular weight is 343 g/mol. The average Bonchev–Trinajstić information content (AvgIpc) is 2.88. The van der Waals surface area contributed by atoms with Gasteiger partial charge in [-0.05, 0) is 25.1 Å². The van der Waals surface area contributed by atoms with Crippen molar-refractivity contribution in [1.29, 1.82) is 0 Å². The molecule has 0 radical (unpaired) electrons. The van der Waals surface area contributed by atoms with Crippen LogP contribution in [0.5, 0.6) is 0 Å². The van der Waals surface area contributed by atoms with Gasteiger partial charge in [0.1, 0.15) is 5.82 Å². The predicted octanol–water partition coefficient (Wildman–Crippen LogP) is 4.33. The second-order valence-electron chi connectivity index (χ2n) is 4.27. The first kappa shape index (κ1) is 14.6. The van der Waals surface area contributed by atoms with Crippen LogP contribution in [-0.2, 0) is 6.42 Å². The Hall–Kier alpha value is -0.780. The number of nitrogens with one attached hydrogen (secondary N) is 1. The van der Waals surface area contributed by atoms with Crippen molar-refractivity contribution in [2.45, 2.75) is 25.8 Å². The lowest BCUT2D eigenvalue weighted by molar-refractivity contribution is 0.494. The van der Waals surface area contributed by atoms with Crippen molar-refractivity contribution in [2.75, 3.05) is 6.54 Å². The van der Waals surface area contributed by atoms with Gasteiger partial charge in [-0.2, -0.15) is 0 Å². The first-order valence-electron chi connectivity index (χ1n) is 6.28. The number of hydrogen-bond acceptors (Lipinski definition) is 3. The summed E-state index contributed by atoms with van der Waals surface area (Å²) >= 11 is 5.05. The Morgan fingerprint density at radius 1 is 1.47 bits per heavy atom. The molecule has 2 nitrogen and oxygen atoms in total. The van der Waals surface area contributed by atoms with Gasteiger partial charge in [0.15, 0.2) is 0 Å². The number of nitrogens with zero attached hydrogens (tertiary/aromatic N) is 1. The van der Waals surface area contributed by atoms with Crippen molar-refractivity contribution in [3.05, 3.63) is 50.6 Å². The van der Waals surface area contributed by atoms with Crippen LogP contribution < -0.4 is 5.32 Å². The highest BCUT2D eigenvalue weighted by atomic mass is 79.9. The van der Waals surface area contributed by atoms with Crippen LogP contribution in [0, 0.1) is 5.82 Å². The molecule has 2 aromatic rings. The summed E-state index contributed by atoms with van der Waals surface area (Å²) in [5.41, 5.74) is 0.686. The van der Waals surface area contributed by atoms with Gasteiger partial charge in [-0.15, -0.1) is 11.3 Å². The van der Waals surface area contributed by atoms with E-state index in [0.29, 0.717) is 12.0 Å². The highest BCUT2D eigenvalue weighted by molar-refractivity contribution is 9.10. The lowest BCUT2D eigenvalue weighted by Gasteiger charge is -2.20. The van der Waals surface area contributed by atoms with Crippen LogP contribution in [0.15, 0.2) is 34.2 Å². The number of benzene rings is 1. The van der Waals surface area contributed by atoms with Crippen molar-refractivity contribution in [3.63, 3.8) is 0 Å². The molecule has 0 aliphatic heterocycles. The molecular weight excluding hydrogens is 327 g/mol. The minimum Gasteiger partial charge on any atom is -0.309 e. The molecule has 0 spiro atoms. The summed E-state index contributed by atoms with van der Waals surface area (Å²) in [5, 5.41) is 6.37. The topological polar surface area (TPSA) is 24.9 Å². The largest absolute Gasteiger partial charge is 0.309 e. The number of aromatic nitrogens is 1. The highest BCUT2D eigenvalue weighted by Gasteiger charge is 2.19. The van der Waals surface area contributed by atoms with E-state index in [9.17, 15) is 4.39 Å². The summed E-state index contributed by atoms with van der Waals surface area (Å²) in [6, 6.07) is 5.04. The third-order valence-electron chi connectivity index (χ3n) is 2.85. The van der Waals surface area contributed by atoms with Gasteiger partial charge in [0.2, 0.25) is 0 Å². The van der Waals surface area contributed by atoms with E-state index in [0.717, 1.165) is 22.4 Å². The van der Waals surface area contributed by atoms with E-state index in [1.165, 1.54) is 6.07 Å². The quantitative estimate of drug-likeness (QED) is 0.845. The molecule has 1 atom stereocenters. The van der Waals surface area contributed by atoms with E-state index in [1.54, 1.807) is 23.6 Å². The van der Waals surface area contributed by atoms with Crippen molar-refractivity contribution in [2.24, 2.45) is 0 Å². The summed E-state index contributed by atoms with van der Waals surface area (Å²) in [6.45, 7) is 2.96. The van der Waals surface area contributed by atoms with Crippen molar-refractivity contribution >= 4 is 27.3 Å². The minimum atomic E-state index is -0.181. The molecule has 0 aliphatic rings. The summed E-state index contributed by atoms with van der Waals surface area (Å²) in [6.07, 6.45) is 3.50. The number of thiazole rings is 1. The second kappa shape index (κ2) is 7.12. The fourth-order valence-corrected chi connectivity index (χ4v) is 3.25. The van der Waals surface area contributed by atoms with Crippen LogP contribution in [0.2, 0.25) is 0 Å². The lowest BCUT2D eigenvalue weighted by atomic mass is 10.0. The van der Waals surface area contributed by atoms with E-state index in [1.807, 2.05) is 11.4 Å². The van der Waals surface area contributed by atoms with Gasteiger partial charge >= 0.3 is 0 Å². The lowest BCUT2D eigenvalue weighted by Crippen LogP contribution is -2.25. The van der Waals surface area contributed by atoms with E-state index in [-0.39, 0.29) is 11.9 Å². The molecular formula is C14H16BrFN2S. The molecule has 0 amide bonds. The van der Waals surface area contributed by atoms with E-state index in [4.69, 9.17) is 0 Å². The number of halogens is 2. The third kappa shape index (κ3) is 3.84. The van der Waals surface area contributed by atoms with Crippen LogP contribution in [0.1, 0.15) is 30.0 Å². The Balaban J connectivity index is 2.26. The second-order valence-corrected chi connectivity index (χ2v) is 6.11. The fraction of sp³-hybridized carbons (Fsp3) is 0.357. The summed E-state index contributed by atoms with van der Waals surface area (Å²) < 4.78 is 14.9. The van der Waals surface area contributed by atoms with E-state index < -0.39 is 0 Å². The Morgan fingerprint density at radius 2 is 2.32 bits per heavy atom. The van der Waals surface area contributed by atoms with Gasteiger partial charge in [0.05, 0.1) is 5.01 Å². The predicted molar refractivity (Wildman–Crippen MR) is 81.0 cm³/mol. The minimum absolute atomic E-state index is 0.0540. The molecule has 102 valence electrons. The first-order chi connectivity index (χ1) is 9.22. The Kier molecular flexibility index (Phi) is 5.48. The monoisotopic (exact) mass is 342 g/mol. The molecule has 0 saturated carbocycles. The maximum absolute atomic E-state index is 14.1. The molecule has 0 aliphatic carbocycles. The van der Waals surface area contributed by atoms with E-state index >= 15 is 0 Å². The zero-order valence-electron chi connectivity index (χ0n) is 10.7. The van der Waals surface area contributed by atoms with Crippen LogP contribution >= 0.6 is 27.3 Å². The Labute approximate surface area is 125 Å². The summed E-state index contributed by atoms with van der Waals surface area (Å²) in [4.78, 5) is 4.29. The van der Waals surface area contributed by atoms with Gasteiger partial charge in [0.25, 0.3) is 0 Å². The Bertz CT molecular complexity index is 496. The highest BCUT2D eigenvalue weighted by Crippen LogP contribution is 2.29. The molecule has 19 heavy (non-hydrogen) atoms. The van der Waals surface area contributed by atoms with Gasteiger partial charge in [-0.25, -0.2) is 9.37 Å². The fourth-order valence-electron chi connectivity index (χ4n) is 1.97. The number of hydrogen-bond donors (Lipinski definition) is 1. The first-order valence-corrected chi connectivity index (χ1v) is 7.95. The Morgan fingerprint density at radius 3 is 2.95 bits per heavy atom. The molecule has 1 N–H and O–H groups in total. The summed E-state index contributed by atoms with van der Waals surface area (Å²) in [5.74, 6) is -0.181. The maximum atomic E-state index is 14.1. The molecule has 1 heterocycles. The molecule has 5 heteroatoms. The molecule has 1 aromatic carbocycles. The zero-order chi connectivity index (χ0) is 13.7. The number of rotatable bonds is 6. The van der Waals surface area contributed by atoms with Crippen LogP contribution in [-0.4, -0.2) is 11.5 Å². The van der Waals surface area contributed by atoms with Crippen molar-refractivity contribution in [1.82, 2.24) is 10.3 Å². The smallest absolute Gasteiger partial charge is 0.129 e. The molecule has 0 saturated heterocycles. The van der Waals surface area contributed by atoms with Crippen LogP contribution in [0.4, 0.5) is 4.39 Å². The molecule has 1 aromatic heterocycles. The van der Waals surface area contributed by atoms with Crippen molar-refractivity contribution in [3.8, 4) is 0 Å². The van der Waals surface area contributed by atoms with Gasteiger partial charge in [-0.1, -0.05) is 28.9 Å². The van der Waals surface area contributed by atoms with Gasteiger partial charge in [-0.3, -0.25) is 0 Å². The SMILES string of the molecule is CCCNC(Cc1nccs1)c1c(F)cccc1Br. The molecule has 2 rings (SSSR count). The van der Waals surface area contributed by atoms with Crippen molar-refractivity contribution < 1.29 is 4.39 Å². The molecule has 1 unspecified atom stereocenters. The van der Waals surface area contributed by atoms with Crippen LogP contribution in [0.3, 0.4) is 0 Å². The molecule has 0 fully saturated rings.